The van der Waals surface area contributed by atoms with Crippen LogP contribution in [0.4, 0.5) is 5.69 Å². The molecule has 1 heterocycles. The molecule has 1 amide bonds. The van der Waals surface area contributed by atoms with Gasteiger partial charge >= 0.3 is 5.97 Å². The van der Waals surface area contributed by atoms with Crippen LogP contribution in [0.15, 0.2) is 29.2 Å². The van der Waals surface area contributed by atoms with E-state index in [1.807, 2.05) is 0 Å². The molecule has 1 fully saturated rings. The predicted octanol–water partition coefficient (Wildman–Crippen LogP) is 1.47. The maximum Gasteiger partial charge on any atom is 0.311 e. The van der Waals surface area contributed by atoms with Gasteiger partial charge < -0.3 is 10.4 Å². The Morgan fingerprint density at radius 3 is 2.62 bits per heavy atom. The van der Waals surface area contributed by atoms with Gasteiger partial charge in [0, 0.05) is 32.0 Å². The Bertz CT molecular complexity index is 740. The van der Waals surface area contributed by atoms with E-state index >= 15 is 0 Å². The first-order valence-corrected chi connectivity index (χ1v) is 9.90. The van der Waals surface area contributed by atoms with Crippen LogP contribution in [0.1, 0.15) is 12.8 Å². The molecule has 0 aliphatic carbocycles. The normalized spacial score (nSPS) is 21.0. The molecule has 2 N–H and O–H groups in total. The lowest BCUT2D eigenvalue weighted by molar-refractivity contribution is -0.149. The summed E-state index contributed by atoms with van der Waals surface area (Å²) in [6, 6.07) is 5.91. The first-order valence-electron chi connectivity index (χ1n) is 7.31. The lowest BCUT2D eigenvalue weighted by atomic mass is 9.84. The maximum absolute atomic E-state index is 12.2. The van der Waals surface area contributed by atoms with Crippen molar-refractivity contribution in [3.63, 3.8) is 0 Å². The summed E-state index contributed by atoms with van der Waals surface area (Å²) in [5.41, 5.74) is -0.712. The molecule has 2 rings (SSSR count). The molecular weight excluding hydrogens is 352 g/mol. The number of thioether (sulfide) groups is 1. The largest absolute Gasteiger partial charge is 0.481 e. The molecule has 1 unspecified atom stereocenters. The van der Waals surface area contributed by atoms with Gasteiger partial charge in [0.2, 0.25) is 15.9 Å². The van der Waals surface area contributed by atoms with E-state index < -0.39 is 27.3 Å². The van der Waals surface area contributed by atoms with Crippen molar-refractivity contribution in [3.8, 4) is 0 Å². The number of nitrogens with zero attached hydrogens (tertiary/aromatic N) is 1. The number of hydrogen-bond donors (Lipinski definition) is 2. The van der Waals surface area contributed by atoms with Gasteiger partial charge in [0.05, 0.1) is 10.3 Å². The van der Waals surface area contributed by atoms with E-state index in [0.29, 0.717) is 17.9 Å². The van der Waals surface area contributed by atoms with Gasteiger partial charge in [-0.3, -0.25) is 9.59 Å². The summed E-state index contributed by atoms with van der Waals surface area (Å²) >= 11 is 1.52. The van der Waals surface area contributed by atoms with Gasteiger partial charge in [-0.1, -0.05) is 6.07 Å². The fourth-order valence-electron chi connectivity index (χ4n) is 2.45. The smallest absolute Gasteiger partial charge is 0.311 e. The number of carboxylic acids is 1. The SMILES string of the molecule is CN(C)S(=O)(=O)c1cccc(NC(=O)CC2(C(=O)O)CCSC2)c1. The van der Waals surface area contributed by atoms with E-state index in [1.54, 1.807) is 6.07 Å². The molecule has 0 radical (unpaired) electrons. The fraction of sp³-hybridized carbons (Fsp3) is 0.467. The third kappa shape index (κ3) is 3.90. The average molecular weight is 372 g/mol. The number of carbonyl (C=O) groups excluding carboxylic acids is 1. The molecule has 1 aromatic rings. The lowest BCUT2D eigenvalue weighted by Crippen LogP contribution is -2.35. The predicted molar refractivity (Wildman–Crippen MR) is 92.6 cm³/mol. The van der Waals surface area contributed by atoms with Gasteiger partial charge in [-0.15, -0.1) is 0 Å². The second-order valence-electron chi connectivity index (χ2n) is 5.93. The molecule has 1 saturated heterocycles. The molecule has 1 atom stereocenters. The number of sulfonamides is 1. The van der Waals surface area contributed by atoms with Crippen LogP contribution in [0.3, 0.4) is 0 Å². The van der Waals surface area contributed by atoms with E-state index in [4.69, 9.17) is 0 Å². The van der Waals surface area contributed by atoms with Gasteiger partial charge in [0.1, 0.15) is 0 Å². The second-order valence-corrected chi connectivity index (χ2v) is 9.19. The van der Waals surface area contributed by atoms with Crippen LogP contribution in [0, 0.1) is 5.41 Å². The second kappa shape index (κ2) is 7.12. The highest BCUT2D eigenvalue weighted by molar-refractivity contribution is 7.99. The van der Waals surface area contributed by atoms with Crippen LogP contribution < -0.4 is 5.32 Å². The van der Waals surface area contributed by atoms with Crippen molar-refractivity contribution in [2.75, 3.05) is 30.9 Å². The van der Waals surface area contributed by atoms with Gasteiger partial charge in [-0.25, -0.2) is 12.7 Å². The Morgan fingerprint density at radius 1 is 1.38 bits per heavy atom. The molecule has 9 heteroatoms. The molecule has 0 spiro atoms. The zero-order valence-corrected chi connectivity index (χ0v) is 15.1. The number of amides is 1. The Hall–Kier alpha value is -1.58. The van der Waals surface area contributed by atoms with Crippen molar-refractivity contribution in [1.29, 1.82) is 0 Å². The summed E-state index contributed by atoms with van der Waals surface area (Å²) in [5, 5.41) is 12.0. The van der Waals surface area contributed by atoms with Gasteiger partial charge in [-0.05, 0) is 30.4 Å². The Kier molecular flexibility index (Phi) is 5.56. The van der Waals surface area contributed by atoms with Crippen molar-refractivity contribution in [2.24, 2.45) is 5.41 Å². The number of carboxylic acid groups (broad SMARTS) is 1. The highest BCUT2D eigenvalue weighted by atomic mass is 32.2. The van der Waals surface area contributed by atoms with Crippen molar-refractivity contribution < 1.29 is 23.1 Å². The molecule has 0 bridgehead atoms. The molecule has 1 aliphatic rings. The van der Waals surface area contributed by atoms with E-state index in [9.17, 15) is 23.1 Å². The number of hydrogen-bond acceptors (Lipinski definition) is 5. The van der Waals surface area contributed by atoms with Crippen LogP contribution >= 0.6 is 11.8 Å². The molecule has 24 heavy (non-hydrogen) atoms. The Morgan fingerprint density at radius 2 is 2.08 bits per heavy atom. The summed E-state index contributed by atoms with van der Waals surface area (Å²) < 4.78 is 25.3. The minimum absolute atomic E-state index is 0.0645. The number of rotatable bonds is 6. The number of anilines is 1. The summed E-state index contributed by atoms with van der Waals surface area (Å²) in [5.74, 6) is -0.271. The van der Waals surface area contributed by atoms with Crippen molar-refractivity contribution >= 4 is 39.3 Å². The third-order valence-corrected chi connectivity index (χ3v) is 7.01. The quantitative estimate of drug-likeness (QED) is 0.784. The van der Waals surface area contributed by atoms with Crippen molar-refractivity contribution in [3.05, 3.63) is 24.3 Å². The zero-order chi connectivity index (χ0) is 18.0. The summed E-state index contributed by atoms with van der Waals surface area (Å²) in [6.45, 7) is 0. The number of carbonyl (C=O) groups is 2. The molecule has 0 aromatic heterocycles. The first kappa shape index (κ1) is 18.8. The van der Waals surface area contributed by atoms with E-state index in [1.165, 1.54) is 44.1 Å². The van der Waals surface area contributed by atoms with Crippen LogP contribution in [-0.2, 0) is 19.6 Å². The van der Waals surface area contributed by atoms with E-state index in [2.05, 4.69) is 5.32 Å². The van der Waals surface area contributed by atoms with Gasteiger partial charge in [0.15, 0.2) is 0 Å². The zero-order valence-electron chi connectivity index (χ0n) is 13.5. The molecule has 0 saturated carbocycles. The van der Waals surface area contributed by atoms with Crippen LogP contribution in [-0.4, -0.2) is 55.3 Å². The Balaban J connectivity index is 2.14. The minimum Gasteiger partial charge on any atom is -0.481 e. The molecule has 132 valence electrons. The highest BCUT2D eigenvalue weighted by Gasteiger charge is 2.43. The van der Waals surface area contributed by atoms with E-state index in [-0.39, 0.29) is 11.3 Å². The highest BCUT2D eigenvalue weighted by Crippen LogP contribution is 2.39. The summed E-state index contributed by atoms with van der Waals surface area (Å²) in [7, 11) is -0.747. The van der Waals surface area contributed by atoms with Gasteiger partial charge in [0.25, 0.3) is 0 Å². The van der Waals surface area contributed by atoms with Crippen LogP contribution in [0.5, 0.6) is 0 Å². The molecule has 7 nitrogen and oxygen atoms in total. The van der Waals surface area contributed by atoms with E-state index in [0.717, 1.165) is 10.1 Å². The van der Waals surface area contributed by atoms with Crippen LogP contribution in [0.2, 0.25) is 0 Å². The topological polar surface area (TPSA) is 104 Å². The van der Waals surface area contributed by atoms with Gasteiger partial charge in [-0.2, -0.15) is 11.8 Å². The fourth-order valence-corrected chi connectivity index (χ4v) is 4.84. The molecular formula is C15H20N2O5S2. The Labute approximate surface area is 145 Å². The standard InChI is InChI=1S/C15H20N2O5S2/c1-17(2)24(21,22)12-5-3-4-11(8-12)16-13(18)9-15(14(19)20)6-7-23-10-15/h3-5,8H,6-7,9-10H2,1-2H3,(H,16,18)(H,19,20). The number of benzene rings is 1. The average Bonchev–Trinajstić information content (AvgIpc) is 2.97. The number of aliphatic carboxylic acids is 1. The first-order chi connectivity index (χ1) is 11.2. The van der Waals surface area contributed by atoms with Crippen molar-refractivity contribution in [1.82, 2.24) is 4.31 Å². The molecule has 1 aromatic carbocycles. The lowest BCUT2D eigenvalue weighted by Gasteiger charge is -2.22. The minimum atomic E-state index is -3.60. The van der Waals surface area contributed by atoms with Crippen LogP contribution in [0.25, 0.3) is 0 Å². The monoisotopic (exact) mass is 372 g/mol. The maximum atomic E-state index is 12.2. The molecule has 1 aliphatic heterocycles. The number of nitrogens with one attached hydrogen (secondary N) is 1. The summed E-state index contributed by atoms with van der Waals surface area (Å²) in [4.78, 5) is 23.8. The van der Waals surface area contributed by atoms with Crippen molar-refractivity contribution in [2.45, 2.75) is 17.7 Å². The third-order valence-electron chi connectivity index (χ3n) is 3.95. The summed E-state index contributed by atoms with van der Waals surface area (Å²) in [6.07, 6.45) is 0.329.